The van der Waals surface area contributed by atoms with Crippen molar-refractivity contribution < 1.29 is 14.0 Å². The van der Waals surface area contributed by atoms with Crippen LogP contribution in [-0.2, 0) is 6.42 Å². The fraction of sp³-hybridized carbons (Fsp3) is 0.176. The Morgan fingerprint density at radius 2 is 2.08 bits per heavy atom. The minimum Gasteiger partial charge on any atom is -0.459 e. The molecule has 2 N–H and O–H groups in total. The third-order valence-electron chi connectivity index (χ3n) is 3.34. The van der Waals surface area contributed by atoms with Crippen LogP contribution < -0.4 is 10.6 Å². The van der Waals surface area contributed by atoms with E-state index < -0.39 is 0 Å². The molecule has 3 aromatic rings. The van der Waals surface area contributed by atoms with E-state index in [2.05, 4.69) is 16.7 Å². The summed E-state index contributed by atoms with van der Waals surface area (Å²) in [7, 11) is 0. The summed E-state index contributed by atoms with van der Waals surface area (Å²) in [5, 5.41) is 8.31. The lowest BCUT2D eigenvalue weighted by molar-refractivity contribution is 0.0956. The van der Waals surface area contributed by atoms with Crippen LogP contribution in [0.2, 0.25) is 0 Å². The molecule has 0 saturated heterocycles. The van der Waals surface area contributed by atoms with Crippen LogP contribution in [0.25, 0.3) is 0 Å². The molecule has 3 heterocycles. The summed E-state index contributed by atoms with van der Waals surface area (Å²) in [6.07, 6.45) is 2.26. The fourth-order valence-corrected chi connectivity index (χ4v) is 3.88. The van der Waals surface area contributed by atoms with Crippen LogP contribution in [0.4, 0.5) is 5.00 Å². The number of furan rings is 1. The highest BCUT2D eigenvalue weighted by atomic mass is 32.1. The Balaban J connectivity index is 1.58. The number of hydrogen-bond donors (Lipinski definition) is 2. The van der Waals surface area contributed by atoms with Gasteiger partial charge in [-0.3, -0.25) is 9.59 Å². The predicted octanol–water partition coefficient (Wildman–Crippen LogP) is 3.94. The zero-order chi connectivity index (χ0) is 16.9. The molecule has 3 rings (SSSR count). The van der Waals surface area contributed by atoms with Crippen molar-refractivity contribution in [1.29, 1.82) is 0 Å². The van der Waals surface area contributed by atoms with Gasteiger partial charge in [-0.25, -0.2) is 0 Å². The normalized spacial score (nSPS) is 10.5. The molecule has 0 saturated carbocycles. The highest BCUT2D eigenvalue weighted by molar-refractivity contribution is 7.18. The van der Waals surface area contributed by atoms with Crippen molar-refractivity contribution in [2.24, 2.45) is 0 Å². The lowest BCUT2D eigenvalue weighted by Crippen LogP contribution is -2.25. The maximum atomic E-state index is 12.3. The van der Waals surface area contributed by atoms with Crippen molar-refractivity contribution in [2.45, 2.75) is 13.3 Å². The largest absolute Gasteiger partial charge is 0.459 e. The van der Waals surface area contributed by atoms with Gasteiger partial charge >= 0.3 is 0 Å². The number of carbonyl (C=O) groups is 2. The summed E-state index contributed by atoms with van der Waals surface area (Å²) in [6, 6.07) is 9.09. The van der Waals surface area contributed by atoms with Gasteiger partial charge < -0.3 is 15.1 Å². The van der Waals surface area contributed by atoms with Crippen molar-refractivity contribution in [2.75, 3.05) is 11.9 Å². The molecule has 0 unspecified atom stereocenters. The molecule has 24 heavy (non-hydrogen) atoms. The molecule has 0 fully saturated rings. The van der Waals surface area contributed by atoms with Gasteiger partial charge in [0.1, 0.15) is 0 Å². The molecule has 0 atom stereocenters. The molecular formula is C17H16N2O3S2. The fourth-order valence-electron chi connectivity index (χ4n) is 2.18. The minimum atomic E-state index is -0.328. The van der Waals surface area contributed by atoms with Crippen LogP contribution in [0.1, 0.15) is 30.7 Å². The second kappa shape index (κ2) is 7.46. The second-order valence-corrected chi connectivity index (χ2v) is 7.22. The van der Waals surface area contributed by atoms with E-state index in [4.69, 9.17) is 4.42 Å². The number of carbonyl (C=O) groups excluding carboxylic acids is 2. The molecule has 0 aliphatic carbocycles. The number of aryl methyl sites for hydroxylation is 1. The molecule has 5 nitrogen and oxygen atoms in total. The first kappa shape index (κ1) is 16.5. The third kappa shape index (κ3) is 3.93. The maximum Gasteiger partial charge on any atom is 0.291 e. The number of rotatable bonds is 6. The van der Waals surface area contributed by atoms with E-state index in [0.29, 0.717) is 16.4 Å². The Bertz CT molecular complexity index is 820. The Hall–Kier alpha value is -2.38. The van der Waals surface area contributed by atoms with E-state index in [-0.39, 0.29) is 17.6 Å². The van der Waals surface area contributed by atoms with E-state index in [1.165, 1.54) is 22.5 Å². The van der Waals surface area contributed by atoms with Crippen molar-refractivity contribution >= 4 is 39.5 Å². The highest BCUT2D eigenvalue weighted by Crippen LogP contribution is 2.27. The number of amides is 2. The molecule has 3 aromatic heterocycles. The lowest BCUT2D eigenvalue weighted by Gasteiger charge is -2.03. The highest BCUT2D eigenvalue weighted by Gasteiger charge is 2.16. The van der Waals surface area contributed by atoms with Gasteiger partial charge in [0.05, 0.1) is 16.1 Å². The van der Waals surface area contributed by atoms with Crippen molar-refractivity contribution in [3.63, 3.8) is 0 Å². The molecular weight excluding hydrogens is 344 g/mol. The molecule has 0 spiro atoms. The minimum absolute atomic E-state index is 0.118. The summed E-state index contributed by atoms with van der Waals surface area (Å²) in [4.78, 5) is 26.1. The first-order chi connectivity index (χ1) is 11.6. The van der Waals surface area contributed by atoms with Gasteiger partial charge in [-0.2, -0.15) is 0 Å². The van der Waals surface area contributed by atoms with Gasteiger partial charge in [-0.05, 0) is 48.6 Å². The van der Waals surface area contributed by atoms with Gasteiger partial charge in [0.25, 0.3) is 11.8 Å². The van der Waals surface area contributed by atoms with Crippen LogP contribution in [0.15, 0.2) is 46.4 Å². The number of nitrogens with one attached hydrogen (secondary N) is 2. The second-order valence-electron chi connectivity index (χ2n) is 5.14. The van der Waals surface area contributed by atoms with Gasteiger partial charge in [0.2, 0.25) is 0 Å². The average Bonchev–Trinajstić information content (AvgIpc) is 3.28. The Labute approximate surface area is 147 Å². The summed E-state index contributed by atoms with van der Waals surface area (Å²) in [5.41, 5.74) is 0.836. The molecule has 0 radical (unpaired) electrons. The first-order valence-corrected chi connectivity index (χ1v) is 9.09. The van der Waals surface area contributed by atoms with Crippen LogP contribution in [0.5, 0.6) is 0 Å². The van der Waals surface area contributed by atoms with E-state index >= 15 is 0 Å². The number of thiophene rings is 2. The zero-order valence-electron chi connectivity index (χ0n) is 13.0. The maximum absolute atomic E-state index is 12.3. The first-order valence-electron chi connectivity index (χ1n) is 7.39. The predicted molar refractivity (Wildman–Crippen MR) is 96.1 cm³/mol. The van der Waals surface area contributed by atoms with E-state index in [9.17, 15) is 9.59 Å². The molecule has 0 aromatic carbocycles. The van der Waals surface area contributed by atoms with Gasteiger partial charge in [0, 0.05) is 11.4 Å². The Morgan fingerprint density at radius 3 is 2.79 bits per heavy atom. The average molecular weight is 360 g/mol. The van der Waals surface area contributed by atoms with Crippen LogP contribution >= 0.6 is 22.7 Å². The zero-order valence-corrected chi connectivity index (χ0v) is 14.6. The van der Waals surface area contributed by atoms with Crippen LogP contribution in [0.3, 0.4) is 0 Å². The van der Waals surface area contributed by atoms with Gasteiger partial charge in [-0.15, -0.1) is 22.7 Å². The SMILES string of the molecule is Cc1cc(NC(=O)c2ccco2)sc1C(=O)NCCc1cccs1. The molecule has 0 aliphatic heterocycles. The van der Waals surface area contributed by atoms with Crippen molar-refractivity contribution in [1.82, 2.24) is 5.32 Å². The van der Waals surface area contributed by atoms with Gasteiger partial charge in [0.15, 0.2) is 5.76 Å². The molecule has 0 bridgehead atoms. The number of anilines is 1. The monoisotopic (exact) mass is 360 g/mol. The standard InChI is InChI=1S/C17H16N2O3S2/c1-11-10-14(19-16(20)13-5-2-8-22-13)24-15(11)17(21)18-7-6-12-4-3-9-23-12/h2-5,8-10H,6-7H2,1H3,(H,18,21)(H,19,20). The third-order valence-corrected chi connectivity index (χ3v) is 5.43. The molecule has 7 heteroatoms. The van der Waals surface area contributed by atoms with Crippen molar-refractivity contribution in [3.8, 4) is 0 Å². The smallest absolute Gasteiger partial charge is 0.291 e. The van der Waals surface area contributed by atoms with Crippen LogP contribution in [-0.4, -0.2) is 18.4 Å². The molecule has 124 valence electrons. The summed E-state index contributed by atoms with van der Waals surface area (Å²) < 4.78 is 5.05. The Kier molecular flexibility index (Phi) is 5.12. The summed E-state index contributed by atoms with van der Waals surface area (Å²) >= 11 is 2.94. The molecule has 0 aliphatic rings. The van der Waals surface area contributed by atoms with E-state index in [0.717, 1.165) is 12.0 Å². The van der Waals surface area contributed by atoms with Gasteiger partial charge in [-0.1, -0.05) is 6.07 Å². The summed E-state index contributed by atoms with van der Waals surface area (Å²) in [6.45, 7) is 2.44. The van der Waals surface area contributed by atoms with Crippen molar-refractivity contribution in [3.05, 3.63) is 63.1 Å². The topological polar surface area (TPSA) is 71.3 Å². The van der Waals surface area contributed by atoms with E-state index in [1.54, 1.807) is 29.5 Å². The van der Waals surface area contributed by atoms with E-state index in [1.807, 2.05) is 18.4 Å². The van der Waals surface area contributed by atoms with Crippen LogP contribution in [0, 0.1) is 6.92 Å². The number of hydrogen-bond acceptors (Lipinski definition) is 5. The Morgan fingerprint density at radius 1 is 1.21 bits per heavy atom. The quantitative estimate of drug-likeness (QED) is 0.699. The lowest BCUT2D eigenvalue weighted by atomic mass is 10.2. The summed E-state index contributed by atoms with van der Waals surface area (Å²) in [5.74, 6) is -0.207. The molecule has 2 amide bonds.